The first-order chi connectivity index (χ1) is 19.6. The molecule has 224 valence electrons. The minimum absolute atomic E-state index is 0.171. The first kappa shape index (κ1) is 31.9. The molecule has 0 aromatic heterocycles. The van der Waals surface area contributed by atoms with Crippen molar-refractivity contribution in [3.63, 3.8) is 0 Å². The molecule has 0 unspecified atom stereocenters. The zero-order valence-corrected chi connectivity index (χ0v) is 24.8. The van der Waals surface area contributed by atoms with Crippen LogP contribution in [0.15, 0.2) is 42.5 Å². The molecule has 3 rings (SSSR count). The monoisotopic (exact) mass is 570 g/mol. The van der Waals surface area contributed by atoms with E-state index in [-0.39, 0.29) is 44.0 Å². The smallest absolute Gasteiger partial charge is 0.329 e. The third-order valence-electron chi connectivity index (χ3n) is 7.46. The molecule has 2 atom stereocenters. The first-order valence-electron chi connectivity index (χ1n) is 14.0. The van der Waals surface area contributed by atoms with Crippen LogP contribution in [0.2, 0.25) is 0 Å². The van der Waals surface area contributed by atoms with Gasteiger partial charge in [-0.3, -0.25) is 4.79 Å². The summed E-state index contributed by atoms with van der Waals surface area (Å²) in [6.45, 7) is 9.91. The summed E-state index contributed by atoms with van der Waals surface area (Å²) in [5, 5.41) is 12.7. The summed E-state index contributed by atoms with van der Waals surface area (Å²) in [6, 6.07) is 12.1. The van der Waals surface area contributed by atoms with E-state index in [4.69, 9.17) is 18.9 Å². The van der Waals surface area contributed by atoms with E-state index in [9.17, 15) is 19.5 Å². The van der Waals surface area contributed by atoms with Crippen molar-refractivity contribution in [2.45, 2.75) is 71.2 Å². The van der Waals surface area contributed by atoms with Gasteiger partial charge in [0.15, 0.2) is 5.78 Å². The topological polar surface area (TPSA) is 124 Å². The van der Waals surface area contributed by atoms with Gasteiger partial charge in [-0.25, -0.2) is 9.59 Å². The Kier molecular flexibility index (Phi) is 11.1. The Morgan fingerprint density at radius 1 is 1.02 bits per heavy atom. The molecular formula is C31H42N2O8. The molecule has 0 radical (unpaired) electrons. The van der Waals surface area contributed by atoms with Gasteiger partial charge in [-0.2, -0.15) is 0 Å². The van der Waals surface area contributed by atoms with Crippen molar-refractivity contribution in [1.82, 2.24) is 10.2 Å². The largest absolute Gasteiger partial charge is 0.493 e. The summed E-state index contributed by atoms with van der Waals surface area (Å²) in [7, 11) is 1.52. The number of carboxylic acid groups (broad SMARTS) is 1. The van der Waals surface area contributed by atoms with Gasteiger partial charge in [-0.1, -0.05) is 30.3 Å². The highest BCUT2D eigenvalue weighted by atomic mass is 16.5. The maximum Gasteiger partial charge on any atom is 0.329 e. The Bertz CT molecular complexity index is 1170. The number of ether oxygens (including phenoxy) is 4. The molecule has 2 aromatic carbocycles. The molecule has 2 amide bonds. The number of benzene rings is 2. The zero-order chi connectivity index (χ0) is 30.2. The van der Waals surface area contributed by atoms with Gasteiger partial charge < -0.3 is 34.3 Å². The molecule has 0 heterocycles. The minimum Gasteiger partial charge on any atom is -0.493 e. The number of amides is 2. The lowest BCUT2D eigenvalue weighted by Crippen LogP contribution is -2.66. The van der Waals surface area contributed by atoms with Crippen LogP contribution in [0.5, 0.6) is 11.5 Å². The second-order valence-electron chi connectivity index (χ2n) is 10.2. The van der Waals surface area contributed by atoms with E-state index in [0.717, 1.165) is 5.56 Å². The summed E-state index contributed by atoms with van der Waals surface area (Å²) in [6.07, 6.45) is -0.108. The molecule has 1 aliphatic carbocycles. The van der Waals surface area contributed by atoms with Crippen molar-refractivity contribution >= 4 is 17.8 Å². The van der Waals surface area contributed by atoms with Crippen molar-refractivity contribution in [2.24, 2.45) is 0 Å². The number of carboxylic acids is 1. The van der Waals surface area contributed by atoms with Gasteiger partial charge in [-0.15, -0.1) is 0 Å². The Morgan fingerprint density at radius 3 is 2.10 bits per heavy atom. The lowest BCUT2D eigenvalue weighted by atomic mass is 9.74. The van der Waals surface area contributed by atoms with Gasteiger partial charge in [0, 0.05) is 26.5 Å². The normalized spacial score (nSPS) is 19.4. The van der Waals surface area contributed by atoms with E-state index >= 15 is 0 Å². The van der Waals surface area contributed by atoms with Gasteiger partial charge in [0.25, 0.3) is 0 Å². The van der Waals surface area contributed by atoms with Crippen LogP contribution < -0.4 is 14.8 Å². The van der Waals surface area contributed by atoms with Crippen LogP contribution in [-0.2, 0) is 14.3 Å². The van der Waals surface area contributed by atoms with E-state index in [1.807, 2.05) is 58.0 Å². The zero-order valence-electron chi connectivity index (χ0n) is 24.8. The number of nitrogens with one attached hydrogen (secondary N) is 1. The third kappa shape index (κ3) is 7.56. The maximum absolute atomic E-state index is 13.7. The van der Waals surface area contributed by atoms with E-state index in [1.54, 1.807) is 12.1 Å². The van der Waals surface area contributed by atoms with Crippen molar-refractivity contribution in [3.05, 3.63) is 59.2 Å². The molecule has 10 nitrogen and oxygen atoms in total. The highest BCUT2D eigenvalue weighted by Gasteiger charge is 2.52. The fraction of sp³-hybridized carbons (Fsp3) is 0.516. The quantitative estimate of drug-likeness (QED) is 0.281. The van der Waals surface area contributed by atoms with Gasteiger partial charge in [0.05, 0.1) is 38.1 Å². The average molecular weight is 571 g/mol. The molecule has 41 heavy (non-hydrogen) atoms. The SMILES string of the molecule is CCOc1cc([C@@H](C)N(CCO[C@@H](C)c2ccccc2)C(=O)N[C@]2(C(=O)O)C[C@@H](OC)C2)cc(OCC)c1C(C)=O. The summed E-state index contributed by atoms with van der Waals surface area (Å²) in [4.78, 5) is 39.9. The number of nitrogens with zero attached hydrogens (tertiary/aromatic N) is 1. The molecule has 0 aliphatic heterocycles. The van der Waals surface area contributed by atoms with E-state index in [2.05, 4.69) is 5.32 Å². The number of rotatable bonds is 15. The van der Waals surface area contributed by atoms with Gasteiger partial charge in [-0.05, 0) is 57.9 Å². The second kappa shape index (κ2) is 14.3. The number of urea groups is 1. The van der Waals surface area contributed by atoms with Crippen LogP contribution >= 0.6 is 0 Å². The Hall–Kier alpha value is -3.63. The molecule has 0 saturated heterocycles. The highest BCUT2D eigenvalue weighted by Crippen LogP contribution is 2.37. The summed E-state index contributed by atoms with van der Waals surface area (Å²) in [5.74, 6) is -0.573. The van der Waals surface area contributed by atoms with Crippen molar-refractivity contribution in [2.75, 3.05) is 33.5 Å². The van der Waals surface area contributed by atoms with Crippen LogP contribution in [0.4, 0.5) is 4.79 Å². The molecule has 2 N–H and O–H groups in total. The first-order valence-corrected chi connectivity index (χ1v) is 14.0. The Balaban J connectivity index is 1.92. The fourth-order valence-electron chi connectivity index (χ4n) is 5.03. The lowest BCUT2D eigenvalue weighted by molar-refractivity contribution is -0.155. The molecule has 1 fully saturated rings. The summed E-state index contributed by atoms with van der Waals surface area (Å²) < 4.78 is 23.0. The van der Waals surface area contributed by atoms with Crippen LogP contribution in [0, 0.1) is 0 Å². The molecule has 1 saturated carbocycles. The van der Waals surface area contributed by atoms with Crippen molar-refractivity contribution < 1.29 is 38.4 Å². The predicted molar refractivity (Wildman–Crippen MR) is 154 cm³/mol. The molecular weight excluding hydrogens is 528 g/mol. The molecule has 1 aliphatic rings. The van der Waals surface area contributed by atoms with Gasteiger partial charge in [0.1, 0.15) is 22.6 Å². The molecule has 10 heteroatoms. The van der Waals surface area contributed by atoms with E-state index in [1.165, 1.54) is 18.9 Å². The van der Waals surface area contributed by atoms with Gasteiger partial charge in [0.2, 0.25) is 0 Å². The Morgan fingerprint density at radius 2 is 1.61 bits per heavy atom. The Labute approximate surface area is 241 Å². The van der Waals surface area contributed by atoms with Crippen molar-refractivity contribution in [1.29, 1.82) is 0 Å². The maximum atomic E-state index is 13.7. The van der Waals surface area contributed by atoms with Crippen LogP contribution in [0.25, 0.3) is 0 Å². The fourth-order valence-corrected chi connectivity index (χ4v) is 5.03. The number of hydrogen-bond acceptors (Lipinski definition) is 7. The number of Topliss-reactive ketones (excluding diaryl/α,β-unsaturated/α-hetero) is 1. The van der Waals surface area contributed by atoms with E-state index < -0.39 is 23.6 Å². The standard InChI is InChI=1S/C31H42N2O8/c1-7-39-26-16-24(17-27(40-8-2)28(26)21(4)34)20(3)33(14-15-41-22(5)23-12-10-9-11-13-23)30(37)32-31(29(35)36)18-25(19-31)38-6/h9-13,16-17,20,22,25H,7-8,14-15,18-19H2,1-6H3,(H,32,37)(H,35,36)/t20-,22+,25-,31-/m1/s1. The minimum atomic E-state index is -1.42. The average Bonchev–Trinajstić information content (AvgIpc) is 2.92. The van der Waals surface area contributed by atoms with Gasteiger partial charge >= 0.3 is 12.0 Å². The lowest BCUT2D eigenvalue weighted by Gasteiger charge is -2.45. The number of methoxy groups -OCH3 is 1. The number of aliphatic carboxylic acids is 1. The number of hydrogen-bond donors (Lipinski definition) is 2. The van der Waals surface area contributed by atoms with E-state index in [0.29, 0.717) is 35.8 Å². The number of ketones is 1. The summed E-state index contributed by atoms with van der Waals surface area (Å²) in [5.41, 5.74) is 0.592. The third-order valence-corrected chi connectivity index (χ3v) is 7.46. The number of carbonyl (C=O) groups is 3. The van der Waals surface area contributed by atoms with Crippen molar-refractivity contribution in [3.8, 4) is 11.5 Å². The summed E-state index contributed by atoms with van der Waals surface area (Å²) >= 11 is 0. The van der Waals surface area contributed by atoms with Crippen LogP contribution in [-0.4, -0.2) is 72.9 Å². The predicted octanol–water partition coefficient (Wildman–Crippen LogP) is 5.17. The second-order valence-corrected chi connectivity index (χ2v) is 10.2. The van der Waals surface area contributed by atoms with Crippen LogP contribution in [0.1, 0.15) is 81.1 Å². The molecule has 0 bridgehead atoms. The molecule has 0 spiro atoms. The molecule has 2 aromatic rings. The van der Waals surface area contributed by atoms with Crippen LogP contribution in [0.3, 0.4) is 0 Å². The number of carbonyl (C=O) groups excluding carboxylic acids is 2. The highest BCUT2D eigenvalue weighted by molar-refractivity contribution is 6.00.